The van der Waals surface area contributed by atoms with E-state index in [-0.39, 0.29) is 69.0 Å². The third-order valence-electron chi connectivity index (χ3n) is 24.4. The number of alkyl halides is 6. The Kier molecular flexibility index (Phi) is 30.4. The summed E-state index contributed by atoms with van der Waals surface area (Å²) < 4.78 is 174. The number of carbonyl (C=O) groups excluding carboxylic acids is 1. The van der Waals surface area contributed by atoms with Crippen molar-refractivity contribution in [3.8, 4) is 67.5 Å². The number of anilines is 5. The SMILES string of the molecule is CC(C)(C)Nc1cnc2ccc(-c3c(-c4ccc(F)cc4)ncn3CC(F)F)cn12.CC(C)(C)Nc1cnc2ccc(B3OC(C)(C)C(C)(C)O3)cn12.CC(C)(C)Nc1cnc2ccc(Br)cn12.CC1(C)OB(B2OC(C)(C)C(C)(C)O2)OC1(C)C.COC(=O)Nc1cnc2ccc(-c3c(-c4ccc(F)cc4)ncn3CC(F)F)cn12.Nc1cnc2ccc(-c3c(-c4ccc(F)cc4)ncn3CC(F)F)cn12. The third kappa shape index (κ3) is 24.3. The van der Waals surface area contributed by atoms with Crippen molar-refractivity contribution in [3.05, 3.63) is 236 Å². The van der Waals surface area contributed by atoms with Gasteiger partial charge in [0.2, 0.25) is 0 Å². The molecule has 42 heteroatoms. The summed E-state index contributed by atoms with van der Waals surface area (Å²) in [5.41, 5.74) is 15.1. The van der Waals surface area contributed by atoms with Crippen molar-refractivity contribution >= 4 is 106 Å². The highest BCUT2D eigenvalue weighted by Crippen LogP contribution is 2.45. The van der Waals surface area contributed by atoms with E-state index in [0.717, 1.165) is 44.3 Å². The molecule has 0 unspecified atom stereocenters. The van der Waals surface area contributed by atoms with Gasteiger partial charge in [-0.25, -0.2) is 84.2 Å². The molecule has 1 amide bonds. The first-order valence-electron chi connectivity index (χ1n) is 45.8. The monoisotopic (exact) mass is 2020 g/mol. The lowest BCUT2D eigenvalue weighted by Crippen LogP contribution is -2.41. The van der Waals surface area contributed by atoms with Gasteiger partial charge in [-0.3, -0.25) is 27.3 Å². The zero-order valence-corrected chi connectivity index (χ0v) is 84.7. The van der Waals surface area contributed by atoms with Gasteiger partial charge in [0.25, 0.3) is 19.3 Å². The molecule has 16 heterocycles. The molecule has 0 aliphatic carbocycles. The van der Waals surface area contributed by atoms with Crippen molar-refractivity contribution in [2.45, 2.75) is 235 Å². The van der Waals surface area contributed by atoms with Crippen LogP contribution in [0.25, 0.3) is 95.8 Å². The van der Waals surface area contributed by atoms with Gasteiger partial charge in [0.15, 0.2) is 0 Å². The van der Waals surface area contributed by atoms with Crippen LogP contribution in [0.2, 0.25) is 0 Å². The fourth-order valence-electron chi connectivity index (χ4n) is 15.5. The lowest BCUT2D eigenvalue weighted by Gasteiger charge is -2.32. The molecule has 29 nitrogen and oxygen atoms in total. The number of nitrogen functional groups attached to an aromatic ring is 1. The van der Waals surface area contributed by atoms with Crippen LogP contribution < -0.4 is 32.5 Å². The molecule has 16 aromatic rings. The Bertz CT molecular complexity index is 7040. The second-order valence-corrected chi connectivity index (χ2v) is 41.4. The van der Waals surface area contributed by atoms with E-state index < -0.39 is 64.8 Å². The summed E-state index contributed by atoms with van der Waals surface area (Å²) in [6.45, 7) is 41.8. The number of rotatable bonds is 18. The first-order valence-corrected chi connectivity index (χ1v) is 46.6. The minimum absolute atomic E-state index is 0.0314. The summed E-state index contributed by atoms with van der Waals surface area (Å²) in [6.07, 6.45) is 13.5. The standard InChI is InChI=1S/C22H22F3N5.C20H16F3N5O2.C18H14F3N5.C17H26BN3O2.C12H24B2O4.C11H14BrN3/c1-22(2,3)28-19-10-26-18-9-6-15(11-30(18)19)21-20(14-4-7-16(23)8-5-14)27-13-29(21)12-17(24)25;1-30-20(29)26-17-8-24-16-7-4-13(9-28(16)17)19-18(12-2-5-14(21)6-3-12)25-11-27(19)10-15(22)23;19-13-4-1-11(2-5-13)17-18(25(10-24-17)9-14(20)21)12-3-6-16-23-7-15(22)26(16)8-12;1-15(2,3)20-14-10-19-13-9-8-12(11-21(13)14)18-22-16(4,5)17(6,7)23-18;1-9(2)10(3,4)16-13(15-9)14-17-11(5,6)12(7,8)18-14;1-11(2,3)14-10-6-13-9-5-4-8(12)7-15(9)10/h4-11,13,17,28H,12H2,1-3H3;2-9,11,15H,10H2,1H3,(H,26,29);1-8,10,14H,9,22H2;8-11,20H,1-7H3;1-8H3;4-7,14H,1-3H3. The Morgan fingerprint density at radius 3 is 0.979 bits per heavy atom. The first-order chi connectivity index (χ1) is 66.5. The molecule has 3 aliphatic heterocycles. The van der Waals surface area contributed by atoms with E-state index in [2.05, 4.69) is 151 Å². The molecule has 19 rings (SSSR count). The van der Waals surface area contributed by atoms with E-state index >= 15 is 0 Å². The lowest BCUT2D eigenvalue weighted by molar-refractivity contribution is 0.00578. The molecular formula is C100H116B3BrF9N21O8. The third-order valence-corrected chi connectivity index (χ3v) is 24.9. The minimum Gasteiger partial charge on any atom is -0.453 e. The maximum Gasteiger partial charge on any atom is 0.496 e. The largest absolute Gasteiger partial charge is 0.496 e. The van der Waals surface area contributed by atoms with Crippen molar-refractivity contribution < 1.29 is 77.0 Å². The molecule has 0 atom stereocenters. The Morgan fingerprint density at radius 1 is 0.373 bits per heavy atom. The average Bonchev–Trinajstić information content (AvgIpc) is 1.60. The summed E-state index contributed by atoms with van der Waals surface area (Å²) in [6, 6.07) is 35.8. The molecular weight excluding hydrogens is 1910 g/mol. The quantitative estimate of drug-likeness (QED) is 0.0394. The molecule has 3 fully saturated rings. The number of benzene rings is 3. The van der Waals surface area contributed by atoms with Crippen molar-refractivity contribution in [1.82, 2.24) is 75.6 Å². The van der Waals surface area contributed by atoms with Crippen LogP contribution in [0.3, 0.4) is 0 Å². The molecule has 3 aromatic carbocycles. The fraction of sp³-hybridized carbons (Fsp3) is 0.370. The first kappa shape index (κ1) is 105. The molecule has 748 valence electrons. The molecule has 0 bridgehead atoms. The predicted octanol–water partition coefficient (Wildman–Crippen LogP) is 22.2. The van der Waals surface area contributed by atoms with E-state index in [9.17, 15) is 44.3 Å². The number of hydrogen-bond donors (Lipinski definition) is 5. The number of aromatic nitrogens is 16. The Balaban J connectivity index is 0.000000137. The Labute approximate surface area is 826 Å². The van der Waals surface area contributed by atoms with Crippen LogP contribution >= 0.6 is 15.9 Å². The molecule has 3 aliphatic rings. The van der Waals surface area contributed by atoms with Crippen LogP contribution in [0.4, 0.5) is 73.4 Å². The number of ether oxygens (including phenoxy) is 1. The van der Waals surface area contributed by atoms with Gasteiger partial charge in [-0.15, -0.1) is 0 Å². The van der Waals surface area contributed by atoms with Crippen LogP contribution in [0.5, 0.6) is 0 Å². The highest BCUT2D eigenvalue weighted by atomic mass is 79.9. The lowest BCUT2D eigenvalue weighted by atomic mass is 9.49. The molecule has 142 heavy (non-hydrogen) atoms. The number of carbonyl (C=O) groups is 1. The second kappa shape index (κ2) is 41.2. The number of hydrogen-bond acceptors (Lipinski definition) is 20. The number of nitrogens with one attached hydrogen (secondary N) is 4. The summed E-state index contributed by atoms with van der Waals surface area (Å²) in [7, 11) is -0.0802. The molecule has 0 saturated carbocycles. The minimum atomic E-state index is -2.59. The predicted molar refractivity (Wildman–Crippen MR) is 540 cm³/mol. The van der Waals surface area contributed by atoms with Crippen LogP contribution in [0.1, 0.15) is 145 Å². The van der Waals surface area contributed by atoms with Gasteiger partial charge in [-0.1, -0.05) is 6.07 Å². The van der Waals surface area contributed by atoms with Crippen LogP contribution in [-0.4, -0.2) is 179 Å². The number of nitrogens with zero attached hydrogens (tertiary/aromatic N) is 16. The van der Waals surface area contributed by atoms with Gasteiger partial charge in [0.1, 0.15) is 74.8 Å². The Morgan fingerprint density at radius 2 is 0.648 bits per heavy atom. The van der Waals surface area contributed by atoms with Gasteiger partial charge in [-0.2, -0.15) is 0 Å². The molecule has 0 radical (unpaired) electrons. The number of halogens is 10. The normalized spacial score (nSPS) is 15.6. The van der Waals surface area contributed by atoms with Crippen molar-refractivity contribution in [3.63, 3.8) is 0 Å². The van der Waals surface area contributed by atoms with Gasteiger partial charge in [-0.05, 0) is 294 Å². The topological polar surface area (TPSA) is 296 Å². The summed E-state index contributed by atoms with van der Waals surface area (Å²) in [4.78, 5) is 46.0. The maximum atomic E-state index is 13.4. The van der Waals surface area contributed by atoms with Crippen molar-refractivity contribution in [1.29, 1.82) is 0 Å². The fourth-order valence-corrected chi connectivity index (χ4v) is 15.8. The molecule has 0 spiro atoms. The van der Waals surface area contributed by atoms with Gasteiger partial charge in [0.05, 0.1) is 144 Å². The van der Waals surface area contributed by atoms with Crippen molar-refractivity contribution in [2.75, 3.05) is 34.1 Å². The van der Waals surface area contributed by atoms with E-state index in [1.165, 1.54) is 101 Å². The van der Waals surface area contributed by atoms with Crippen LogP contribution in [-0.2, 0) is 52.3 Å². The van der Waals surface area contributed by atoms with Crippen LogP contribution in [0.15, 0.2) is 219 Å². The van der Waals surface area contributed by atoms with E-state index in [4.69, 9.17) is 33.7 Å². The van der Waals surface area contributed by atoms with E-state index in [1.807, 2.05) is 157 Å². The van der Waals surface area contributed by atoms with Crippen molar-refractivity contribution in [2.24, 2.45) is 0 Å². The van der Waals surface area contributed by atoms with E-state index in [1.54, 1.807) is 75.9 Å². The summed E-state index contributed by atoms with van der Waals surface area (Å²) in [5.74, 6) is 2.39. The highest BCUT2D eigenvalue weighted by molar-refractivity contribution is 9.10. The van der Waals surface area contributed by atoms with Gasteiger partial charge >= 0.3 is 27.2 Å². The second-order valence-electron chi connectivity index (χ2n) is 40.5. The Hall–Kier alpha value is -13.0. The average molecular weight is 2020 g/mol. The maximum absolute atomic E-state index is 13.4. The summed E-state index contributed by atoms with van der Waals surface area (Å²) in [5, 5.41) is 12.8. The number of methoxy groups -OCH3 is 1. The molecule has 6 N–H and O–H groups in total. The number of pyridine rings is 5. The summed E-state index contributed by atoms with van der Waals surface area (Å²) >= 11 is 3.45. The number of nitrogens with two attached hydrogens (primary N) is 1. The number of fused-ring (bicyclic) bond motifs is 5. The van der Waals surface area contributed by atoms with E-state index in [0.29, 0.717) is 90.5 Å². The number of amides is 1. The zero-order chi connectivity index (χ0) is 103. The highest BCUT2D eigenvalue weighted by Gasteiger charge is 2.64. The van der Waals surface area contributed by atoms with Gasteiger partial charge in [0, 0.05) is 85.5 Å². The van der Waals surface area contributed by atoms with Crippen LogP contribution in [0, 0.1) is 17.5 Å². The zero-order valence-electron chi connectivity index (χ0n) is 83.1. The smallest absolute Gasteiger partial charge is 0.453 e. The molecule has 3 saturated heterocycles. The molecule has 13 aromatic heterocycles. The number of imidazole rings is 8. The van der Waals surface area contributed by atoms with Gasteiger partial charge < -0.3 is 68.0 Å².